The molecule has 2 aromatic heterocycles. The molecule has 1 aliphatic carbocycles. The number of pyridine rings is 1. The van der Waals surface area contributed by atoms with Crippen molar-refractivity contribution in [1.82, 2.24) is 15.0 Å². The highest BCUT2D eigenvalue weighted by molar-refractivity contribution is 5.71. The van der Waals surface area contributed by atoms with Crippen molar-refractivity contribution in [3.05, 3.63) is 24.5 Å². The Hall–Kier alpha value is -1.75. The number of fused-ring (bicyclic) bond motifs is 1. The summed E-state index contributed by atoms with van der Waals surface area (Å²) < 4.78 is 0. The Bertz CT molecular complexity index is 542. The summed E-state index contributed by atoms with van der Waals surface area (Å²) in [6.07, 6.45) is 8.00. The average molecular weight is 243 g/mol. The molecule has 0 aromatic carbocycles. The Morgan fingerprint density at radius 2 is 1.94 bits per heavy atom. The van der Waals surface area contributed by atoms with E-state index in [9.17, 15) is 0 Å². The highest BCUT2D eigenvalue weighted by atomic mass is 15.1. The Balaban J connectivity index is 1.81. The first kappa shape index (κ1) is 11.3. The summed E-state index contributed by atoms with van der Waals surface area (Å²) in [5, 5.41) is 3.42. The molecule has 5 heteroatoms. The van der Waals surface area contributed by atoms with Gasteiger partial charge in [-0.1, -0.05) is 12.8 Å². The minimum Gasteiger partial charge on any atom is -0.366 e. The van der Waals surface area contributed by atoms with Gasteiger partial charge in [0.05, 0.1) is 0 Å². The van der Waals surface area contributed by atoms with Crippen LogP contribution in [0.25, 0.3) is 11.2 Å². The number of nitrogens with two attached hydrogens (primary N) is 1. The second-order valence-electron chi connectivity index (χ2n) is 4.79. The normalized spacial score (nSPS) is 24.1. The summed E-state index contributed by atoms with van der Waals surface area (Å²) >= 11 is 0. The van der Waals surface area contributed by atoms with E-state index in [1.54, 1.807) is 12.4 Å². The van der Waals surface area contributed by atoms with Gasteiger partial charge in [0.1, 0.15) is 11.3 Å². The zero-order chi connectivity index (χ0) is 12.4. The van der Waals surface area contributed by atoms with Crippen LogP contribution in [0.5, 0.6) is 0 Å². The second-order valence-corrected chi connectivity index (χ2v) is 4.79. The van der Waals surface area contributed by atoms with Gasteiger partial charge in [-0.3, -0.25) is 4.98 Å². The van der Waals surface area contributed by atoms with Crippen LogP contribution in [0.4, 0.5) is 5.82 Å². The van der Waals surface area contributed by atoms with Gasteiger partial charge >= 0.3 is 0 Å². The minimum atomic E-state index is 0.220. The molecule has 1 fully saturated rings. The molecule has 94 valence electrons. The van der Waals surface area contributed by atoms with Crippen molar-refractivity contribution in [1.29, 1.82) is 0 Å². The van der Waals surface area contributed by atoms with Crippen LogP contribution in [0.2, 0.25) is 0 Å². The molecule has 2 heterocycles. The molecule has 2 atom stereocenters. The van der Waals surface area contributed by atoms with Crippen LogP contribution in [0.15, 0.2) is 24.5 Å². The van der Waals surface area contributed by atoms with Crippen molar-refractivity contribution in [2.24, 2.45) is 5.73 Å². The fraction of sp³-hybridized carbons (Fsp3) is 0.462. The van der Waals surface area contributed by atoms with Crippen molar-refractivity contribution in [3.8, 4) is 0 Å². The van der Waals surface area contributed by atoms with E-state index in [0.717, 1.165) is 24.2 Å². The summed E-state index contributed by atoms with van der Waals surface area (Å²) in [4.78, 5) is 12.9. The lowest BCUT2D eigenvalue weighted by Crippen LogP contribution is -2.42. The molecule has 1 saturated carbocycles. The van der Waals surface area contributed by atoms with E-state index < -0.39 is 0 Å². The van der Waals surface area contributed by atoms with Crippen LogP contribution in [0.1, 0.15) is 25.7 Å². The van der Waals surface area contributed by atoms with E-state index in [-0.39, 0.29) is 6.04 Å². The third-order valence-electron chi connectivity index (χ3n) is 3.48. The van der Waals surface area contributed by atoms with E-state index in [0.29, 0.717) is 11.7 Å². The van der Waals surface area contributed by atoms with Crippen LogP contribution >= 0.6 is 0 Å². The molecule has 0 bridgehead atoms. The fourth-order valence-corrected chi connectivity index (χ4v) is 2.46. The minimum absolute atomic E-state index is 0.220. The quantitative estimate of drug-likeness (QED) is 0.839. The summed E-state index contributed by atoms with van der Waals surface area (Å²) in [7, 11) is 0. The number of anilines is 1. The highest BCUT2D eigenvalue weighted by Crippen LogP contribution is 2.20. The fourth-order valence-electron chi connectivity index (χ4n) is 2.46. The van der Waals surface area contributed by atoms with Crippen LogP contribution in [0.3, 0.4) is 0 Å². The first-order valence-corrected chi connectivity index (χ1v) is 6.43. The number of hydrogen-bond acceptors (Lipinski definition) is 5. The number of rotatable bonds is 2. The van der Waals surface area contributed by atoms with Gasteiger partial charge in [0, 0.05) is 24.5 Å². The Morgan fingerprint density at radius 1 is 1.11 bits per heavy atom. The van der Waals surface area contributed by atoms with Gasteiger partial charge in [-0.25, -0.2) is 9.97 Å². The first-order valence-electron chi connectivity index (χ1n) is 6.43. The molecule has 0 amide bonds. The average Bonchev–Trinajstić information content (AvgIpc) is 2.41. The molecule has 3 N–H and O–H groups in total. The maximum absolute atomic E-state index is 6.12. The lowest BCUT2D eigenvalue weighted by molar-refractivity contribution is 0.403. The molecule has 3 rings (SSSR count). The smallest absolute Gasteiger partial charge is 0.180 e. The van der Waals surface area contributed by atoms with E-state index in [1.807, 2.05) is 12.1 Å². The molecule has 0 spiro atoms. The molecule has 1 aliphatic rings. The number of aromatic nitrogens is 3. The molecule has 18 heavy (non-hydrogen) atoms. The van der Waals surface area contributed by atoms with Crippen molar-refractivity contribution in [3.63, 3.8) is 0 Å². The van der Waals surface area contributed by atoms with E-state index in [4.69, 9.17) is 5.73 Å². The number of nitrogens with one attached hydrogen (secondary N) is 1. The third kappa shape index (κ3) is 2.26. The molecule has 0 saturated heterocycles. The van der Waals surface area contributed by atoms with Gasteiger partial charge in [0.25, 0.3) is 0 Å². The van der Waals surface area contributed by atoms with Crippen molar-refractivity contribution >= 4 is 17.0 Å². The number of nitrogens with zero attached hydrogens (tertiary/aromatic N) is 3. The van der Waals surface area contributed by atoms with E-state index in [1.165, 1.54) is 12.8 Å². The standard InChI is InChI=1S/C13H17N5/c14-9-3-1-2-4-10(9)17-12-6-5-11-13(18-12)16-8-7-15-11/h5-10H,1-4,14H2,(H,16,17,18)/t9-,10-/m1/s1. The molecule has 2 aromatic rings. The SMILES string of the molecule is N[C@@H]1CCCC[C@H]1Nc1ccc2nccnc2n1. The summed E-state index contributed by atoms with van der Waals surface area (Å²) in [6.45, 7) is 0. The van der Waals surface area contributed by atoms with Gasteiger partial charge in [-0.05, 0) is 25.0 Å². The van der Waals surface area contributed by atoms with Crippen molar-refractivity contribution in [2.75, 3.05) is 5.32 Å². The zero-order valence-corrected chi connectivity index (χ0v) is 10.2. The lowest BCUT2D eigenvalue weighted by atomic mass is 9.91. The van der Waals surface area contributed by atoms with Gasteiger partial charge in [0.15, 0.2) is 5.65 Å². The van der Waals surface area contributed by atoms with E-state index >= 15 is 0 Å². The Kier molecular flexibility index (Phi) is 3.06. The van der Waals surface area contributed by atoms with Crippen LogP contribution in [-0.2, 0) is 0 Å². The van der Waals surface area contributed by atoms with Crippen LogP contribution < -0.4 is 11.1 Å². The Labute approximate surface area is 106 Å². The monoisotopic (exact) mass is 243 g/mol. The maximum Gasteiger partial charge on any atom is 0.180 e. The topological polar surface area (TPSA) is 76.7 Å². The molecule has 0 unspecified atom stereocenters. The Morgan fingerprint density at radius 3 is 2.83 bits per heavy atom. The third-order valence-corrected chi connectivity index (χ3v) is 3.48. The molecular weight excluding hydrogens is 226 g/mol. The molecule has 0 aliphatic heterocycles. The predicted octanol–water partition coefficient (Wildman–Crippen LogP) is 1.71. The molecule has 5 nitrogen and oxygen atoms in total. The molecule has 0 radical (unpaired) electrons. The zero-order valence-electron chi connectivity index (χ0n) is 10.2. The van der Waals surface area contributed by atoms with Gasteiger partial charge < -0.3 is 11.1 Å². The van der Waals surface area contributed by atoms with Gasteiger partial charge in [-0.15, -0.1) is 0 Å². The highest BCUT2D eigenvalue weighted by Gasteiger charge is 2.21. The maximum atomic E-state index is 6.12. The number of hydrogen-bond donors (Lipinski definition) is 2. The first-order chi connectivity index (χ1) is 8.83. The van der Waals surface area contributed by atoms with Crippen molar-refractivity contribution < 1.29 is 0 Å². The largest absolute Gasteiger partial charge is 0.366 e. The predicted molar refractivity (Wildman–Crippen MR) is 71.2 cm³/mol. The summed E-state index contributed by atoms with van der Waals surface area (Å²) in [5.41, 5.74) is 7.61. The van der Waals surface area contributed by atoms with E-state index in [2.05, 4.69) is 20.3 Å². The van der Waals surface area contributed by atoms with Gasteiger partial charge in [0.2, 0.25) is 0 Å². The second kappa shape index (κ2) is 4.86. The van der Waals surface area contributed by atoms with Crippen LogP contribution in [-0.4, -0.2) is 27.0 Å². The molecular formula is C13H17N5. The van der Waals surface area contributed by atoms with Crippen LogP contribution in [0, 0.1) is 0 Å². The van der Waals surface area contributed by atoms with Crippen molar-refractivity contribution in [2.45, 2.75) is 37.8 Å². The summed E-state index contributed by atoms with van der Waals surface area (Å²) in [5.74, 6) is 0.838. The lowest BCUT2D eigenvalue weighted by Gasteiger charge is -2.29. The van der Waals surface area contributed by atoms with Gasteiger partial charge in [-0.2, -0.15) is 0 Å². The summed E-state index contributed by atoms with van der Waals surface area (Å²) in [6, 6.07) is 4.42.